The lowest BCUT2D eigenvalue weighted by molar-refractivity contribution is 0.509. The Morgan fingerprint density at radius 2 is 2.05 bits per heavy atom. The van der Waals surface area contributed by atoms with E-state index in [4.69, 9.17) is 4.98 Å². The molecule has 0 atom stereocenters. The number of benzene rings is 1. The van der Waals surface area contributed by atoms with Crippen molar-refractivity contribution in [2.75, 3.05) is 13.1 Å². The molecule has 0 aliphatic heterocycles. The third kappa shape index (κ3) is 4.31. The number of imidazole rings is 1. The molecule has 0 aliphatic rings. The fourth-order valence-electron chi connectivity index (χ4n) is 2.62. The van der Waals surface area contributed by atoms with Crippen molar-refractivity contribution in [1.29, 1.82) is 0 Å². The Labute approximate surface area is 128 Å². The average Bonchev–Trinajstić information content (AvgIpc) is 2.78. The molecule has 0 saturated carbocycles. The molecule has 3 heteroatoms. The van der Waals surface area contributed by atoms with Crippen LogP contribution in [0.1, 0.15) is 45.0 Å². The van der Waals surface area contributed by atoms with E-state index in [1.807, 2.05) is 0 Å². The zero-order chi connectivity index (χ0) is 15.2. The molecular formula is C18H29N3. The second-order valence-electron chi connectivity index (χ2n) is 6.35. The normalized spacial score (nSPS) is 11.7. The monoisotopic (exact) mass is 287 g/mol. The van der Waals surface area contributed by atoms with E-state index in [9.17, 15) is 0 Å². The molecule has 1 aromatic carbocycles. The smallest absolute Gasteiger partial charge is 0.111 e. The van der Waals surface area contributed by atoms with Crippen LogP contribution in [0.4, 0.5) is 0 Å². The van der Waals surface area contributed by atoms with Crippen molar-refractivity contribution in [3.63, 3.8) is 0 Å². The molecule has 0 radical (unpaired) electrons. The molecule has 3 nitrogen and oxygen atoms in total. The highest BCUT2D eigenvalue weighted by Crippen LogP contribution is 2.19. The first-order chi connectivity index (χ1) is 10.1. The number of hydrogen-bond donors (Lipinski definition) is 1. The van der Waals surface area contributed by atoms with Crippen LogP contribution in [0.2, 0.25) is 0 Å². The highest BCUT2D eigenvalue weighted by Gasteiger charge is 2.11. The molecule has 1 heterocycles. The van der Waals surface area contributed by atoms with Gasteiger partial charge in [0.15, 0.2) is 0 Å². The molecule has 0 amide bonds. The van der Waals surface area contributed by atoms with E-state index in [0.29, 0.717) is 0 Å². The summed E-state index contributed by atoms with van der Waals surface area (Å²) in [6, 6.07) is 6.61. The molecule has 1 N–H and O–H groups in total. The van der Waals surface area contributed by atoms with Crippen molar-refractivity contribution in [3.05, 3.63) is 29.6 Å². The van der Waals surface area contributed by atoms with Crippen molar-refractivity contribution >= 4 is 11.0 Å². The lowest BCUT2D eigenvalue weighted by atomic mass is 10.1. The molecule has 2 rings (SSSR count). The van der Waals surface area contributed by atoms with Gasteiger partial charge in [0.2, 0.25) is 0 Å². The summed E-state index contributed by atoms with van der Waals surface area (Å²) < 4.78 is 2.42. The van der Waals surface area contributed by atoms with Crippen LogP contribution in [0, 0.1) is 12.8 Å². The molecular weight excluding hydrogens is 258 g/mol. The van der Waals surface area contributed by atoms with E-state index in [1.165, 1.54) is 29.7 Å². The van der Waals surface area contributed by atoms with Crippen LogP contribution in [0.15, 0.2) is 18.2 Å². The Morgan fingerprint density at radius 3 is 2.76 bits per heavy atom. The predicted octanol–water partition coefficient (Wildman–Crippen LogP) is 3.93. The molecule has 0 unspecified atom stereocenters. The number of hydrogen-bond acceptors (Lipinski definition) is 2. The Kier molecular flexibility index (Phi) is 5.80. The second-order valence-corrected chi connectivity index (χ2v) is 6.35. The van der Waals surface area contributed by atoms with Gasteiger partial charge in [-0.15, -0.1) is 0 Å². The lowest BCUT2D eigenvalue weighted by Crippen LogP contribution is -2.19. The Hall–Kier alpha value is -1.35. The highest BCUT2D eigenvalue weighted by atomic mass is 15.1. The molecule has 116 valence electrons. The molecule has 21 heavy (non-hydrogen) atoms. The van der Waals surface area contributed by atoms with Crippen LogP contribution in [0.5, 0.6) is 0 Å². The lowest BCUT2D eigenvalue weighted by Gasteiger charge is -2.11. The van der Waals surface area contributed by atoms with E-state index in [1.54, 1.807) is 0 Å². The highest BCUT2D eigenvalue weighted by molar-refractivity contribution is 5.76. The van der Waals surface area contributed by atoms with Crippen LogP contribution in [0.3, 0.4) is 0 Å². The van der Waals surface area contributed by atoms with Gasteiger partial charge in [0, 0.05) is 19.5 Å². The largest absolute Gasteiger partial charge is 0.328 e. The van der Waals surface area contributed by atoms with Crippen LogP contribution < -0.4 is 5.32 Å². The molecule has 2 aromatic rings. The number of nitrogens with one attached hydrogen (secondary N) is 1. The van der Waals surface area contributed by atoms with E-state index in [0.717, 1.165) is 37.5 Å². The maximum absolute atomic E-state index is 4.87. The fraction of sp³-hybridized carbons (Fsp3) is 0.611. The summed E-state index contributed by atoms with van der Waals surface area (Å²) in [7, 11) is 0. The number of aromatic nitrogens is 2. The first kappa shape index (κ1) is 16.0. The van der Waals surface area contributed by atoms with Gasteiger partial charge in [-0.25, -0.2) is 4.98 Å². The quantitative estimate of drug-likeness (QED) is 0.745. The van der Waals surface area contributed by atoms with Gasteiger partial charge in [0.05, 0.1) is 11.0 Å². The van der Waals surface area contributed by atoms with E-state index < -0.39 is 0 Å². The number of aryl methyl sites for hydroxylation is 2. The molecule has 0 spiro atoms. The minimum atomic E-state index is 0.721. The maximum atomic E-state index is 4.87. The summed E-state index contributed by atoms with van der Waals surface area (Å²) in [6.45, 7) is 12.1. The van der Waals surface area contributed by atoms with Gasteiger partial charge in [0.1, 0.15) is 5.82 Å². The van der Waals surface area contributed by atoms with Gasteiger partial charge >= 0.3 is 0 Å². The van der Waals surface area contributed by atoms with Gasteiger partial charge < -0.3 is 9.88 Å². The molecule has 0 saturated heterocycles. The Balaban J connectivity index is 2.21. The second kappa shape index (κ2) is 7.60. The van der Waals surface area contributed by atoms with Gasteiger partial charge in [-0.05, 0) is 49.9 Å². The number of rotatable bonds is 8. The third-order valence-electron chi connectivity index (χ3n) is 3.87. The van der Waals surface area contributed by atoms with Crippen molar-refractivity contribution in [1.82, 2.24) is 14.9 Å². The average molecular weight is 287 g/mol. The van der Waals surface area contributed by atoms with Crippen LogP contribution in [0.25, 0.3) is 11.0 Å². The Morgan fingerprint density at radius 1 is 1.24 bits per heavy atom. The molecule has 0 bridgehead atoms. The minimum Gasteiger partial charge on any atom is -0.328 e. The summed E-state index contributed by atoms with van der Waals surface area (Å²) in [5, 5.41) is 3.48. The molecule has 1 aromatic heterocycles. The van der Waals surface area contributed by atoms with Crippen LogP contribution in [-0.4, -0.2) is 22.6 Å². The summed E-state index contributed by atoms with van der Waals surface area (Å²) in [6.07, 6.45) is 3.39. The van der Waals surface area contributed by atoms with Crippen molar-refractivity contribution in [2.45, 2.75) is 53.5 Å². The SMILES string of the molecule is CCCNCCc1nc2cc(C)ccc2n1CCC(C)C. The maximum Gasteiger partial charge on any atom is 0.111 e. The van der Waals surface area contributed by atoms with Crippen LogP contribution in [-0.2, 0) is 13.0 Å². The Bertz CT molecular complexity index is 569. The van der Waals surface area contributed by atoms with Gasteiger partial charge in [-0.1, -0.05) is 26.8 Å². The first-order valence-corrected chi connectivity index (χ1v) is 8.28. The zero-order valence-electron chi connectivity index (χ0n) is 13.9. The van der Waals surface area contributed by atoms with Crippen molar-refractivity contribution in [2.24, 2.45) is 5.92 Å². The van der Waals surface area contributed by atoms with Crippen molar-refractivity contribution in [3.8, 4) is 0 Å². The summed E-state index contributed by atoms with van der Waals surface area (Å²) in [5.41, 5.74) is 3.71. The summed E-state index contributed by atoms with van der Waals surface area (Å²) in [4.78, 5) is 4.87. The molecule has 0 aliphatic carbocycles. The van der Waals surface area contributed by atoms with E-state index in [2.05, 4.69) is 55.8 Å². The fourth-order valence-corrected chi connectivity index (χ4v) is 2.62. The van der Waals surface area contributed by atoms with Gasteiger partial charge in [-0.3, -0.25) is 0 Å². The summed E-state index contributed by atoms with van der Waals surface area (Å²) >= 11 is 0. The van der Waals surface area contributed by atoms with Gasteiger partial charge in [-0.2, -0.15) is 0 Å². The predicted molar refractivity (Wildman–Crippen MR) is 90.8 cm³/mol. The topological polar surface area (TPSA) is 29.9 Å². The number of nitrogens with zero attached hydrogens (tertiary/aromatic N) is 2. The van der Waals surface area contributed by atoms with E-state index in [-0.39, 0.29) is 0 Å². The third-order valence-corrected chi connectivity index (χ3v) is 3.87. The standard InChI is InChI=1S/C18H29N3/c1-5-10-19-11-8-18-20-16-13-15(4)6-7-17(16)21(18)12-9-14(2)3/h6-7,13-14,19H,5,8-12H2,1-4H3. The van der Waals surface area contributed by atoms with Crippen LogP contribution >= 0.6 is 0 Å². The molecule has 0 fully saturated rings. The first-order valence-electron chi connectivity index (χ1n) is 8.28. The minimum absolute atomic E-state index is 0.721. The summed E-state index contributed by atoms with van der Waals surface area (Å²) in [5.74, 6) is 1.94. The van der Waals surface area contributed by atoms with Crippen molar-refractivity contribution < 1.29 is 0 Å². The van der Waals surface area contributed by atoms with Gasteiger partial charge in [0.25, 0.3) is 0 Å². The van der Waals surface area contributed by atoms with E-state index >= 15 is 0 Å². The zero-order valence-corrected chi connectivity index (χ0v) is 13.9. The number of fused-ring (bicyclic) bond motifs is 1.